The van der Waals surface area contributed by atoms with Crippen molar-refractivity contribution in [3.05, 3.63) is 29.8 Å². The third-order valence-electron chi connectivity index (χ3n) is 3.44. The van der Waals surface area contributed by atoms with Gasteiger partial charge in [-0.05, 0) is 31.9 Å². The Morgan fingerprint density at radius 2 is 1.89 bits per heavy atom. The SMILES string of the molecule is CC.CC(C)(C(=O)O)C1Cc2ccccc2NC1=O. The molecular weight excluding hydrogens is 242 g/mol. The number of rotatable bonds is 2. The first-order chi connectivity index (χ1) is 8.93. The number of hydrogen-bond donors (Lipinski definition) is 2. The van der Waals surface area contributed by atoms with E-state index in [-0.39, 0.29) is 5.91 Å². The van der Waals surface area contributed by atoms with Crippen LogP contribution in [0.5, 0.6) is 0 Å². The average molecular weight is 263 g/mol. The minimum absolute atomic E-state index is 0.212. The fraction of sp³-hybridized carbons (Fsp3) is 0.467. The number of fused-ring (bicyclic) bond motifs is 1. The Hall–Kier alpha value is -1.84. The van der Waals surface area contributed by atoms with Gasteiger partial charge >= 0.3 is 5.97 Å². The Morgan fingerprint density at radius 1 is 1.32 bits per heavy atom. The second-order valence-electron chi connectivity index (χ2n) is 4.93. The summed E-state index contributed by atoms with van der Waals surface area (Å²) in [5.74, 6) is -1.69. The fourth-order valence-electron chi connectivity index (χ4n) is 2.08. The summed E-state index contributed by atoms with van der Waals surface area (Å²) in [5.41, 5.74) is 0.721. The number of anilines is 1. The van der Waals surface area contributed by atoms with Crippen molar-refractivity contribution < 1.29 is 14.7 Å². The lowest BCUT2D eigenvalue weighted by Crippen LogP contribution is -2.44. The highest BCUT2D eigenvalue weighted by Gasteiger charge is 2.43. The highest BCUT2D eigenvalue weighted by atomic mass is 16.4. The van der Waals surface area contributed by atoms with Crippen molar-refractivity contribution in [2.24, 2.45) is 11.3 Å². The number of carboxylic acid groups (broad SMARTS) is 1. The third kappa shape index (κ3) is 2.95. The van der Waals surface area contributed by atoms with E-state index < -0.39 is 17.3 Å². The van der Waals surface area contributed by atoms with E-state index in [1.807, 2.05) is 38.1 Å². The number of nitrogens with one attached hydrogen (secondary N) is 1. The fourth-order valence-corrected chi connectivity index (χ4v) is 2.08. The molecule has 0 bridgehead atoms. The Labute approximate surface area is 113 Å². The van der Waals surface area contributed by atoms with Crippen LogP contribution in [0.1, 0.15) is 33.3 Å². The predicted octanol–water partition coefficient (Wildman–Crippen LogP) is 2.93. The summed E-state index contributed by atoms with van der Waals surface area (Å²) in [7, 11) is 0. The van der Waals surface area contributed by atoms with Gasteiger partial charge in [0.05, 0.1) is 11.3 Å². The molecule has 0 saturated heterocycles. The Bertz CT molecular complexity index is 480. The van der Waals surface area contributed by atoms with Crippen molar-refractivity contribution >= 4 is 17.6 Å². The van der Waals surface area contributed by atoms with Crippen molar-refractivity contribution in [1.82, 2.24) is 0 Å². The minimum Gasteiger partial charge on any atom is -0.481 e. The largest absolute Gasteiger partial charge is 0.481 e. The second-order valence-corrected chi connectivity index (χ2v) is 4.93. The van der Waals surface area contributed by atoms with Crippen LogP contribution < -0.4 is 5.32 Å². The number of carbonyl (C=O) groups excluding carboxylic acids is 1. The monoisotopic (exact) mass is 263 g/mol. The Kier molecular flexibility index (Phi) is 4.70. The molecule has 1 aliphatic heterocycles. The molecule has 0 fully saturated rings. The lowest BCUT2D eigenvalue weighted by molar-refractivity contribution is -0.153. The van der Waals surface area contributed by atoms with E-state index in [0.29, 0.717) is 6.42 Å². The van der Waals surface area contributed by atoms with Crippen LogP contribution in [0, 0.1) is 11.3 Å². The van der Waals surface area contributed by atoms with Crippen LogP contribution in [0.4, 0.5) is 5.69 Å². The molecule has 0 aromatic heterocycles. The molecule has 1 unspecified atom stereocenters. The van der Waals surface area contributed by atoms with Crippen molar-refractivity contribution in [3.63, 3.8) is 0 Å². The van der Waals surface area contributed by atoms with E-state index in [4.69, 9.17) is 0 Å². The van der Waals surface area contributed by atoms with Crippen LogP contribution in [-0.2, 0) is 16.0 Å². The van der Waals surface area contributed by atoms with Crippen LogP contribution in [0.15, 0.2) is 24.3 Å². The molecule has 2 N–H and O–H groups in total. The molecule has 1 atom stereocenters. The molecule has 2 rings (SSSR count). The van der Waals surface area contributed by atoms with Crippen LogP contribution in [0.25, 0.3) is 0 Å². The molecule has 4 nitrogen and oxygen atoms in total. The third-order valence-corrected chi connectivity index (χ3v) is 3.44. The van der Waals surface area contributed by atoms with Gasteiger partial charge in [-0.1, -0.05) is 32.0 Å². The molecule has 19 heavy (non-hydrogen) atoms. The molecule has 0 aliphatic carbocycles. The van der Waals surface area contributed by atoms with Gasteiger partial charge in [-0.15, -0.1) is 0 Å². The number of carbonyl (C=O) groups is 2. The number of carboxylic acids is 1. The lowest BCUT2D eigenvalue weighted by atomic mass is 9.73. The first-order valence-corrected chi connectivity index (χ1v) is 6.55. The van der Waals surface area contributed by atoms with Crippen LogP contribution in [0.3, 0.4) is 0 Å². The van der Waals surface area contributed by atoms with Crippen molar-refractivity contribution in [2.45, 2.75) is 34.1 Å². The molecule has 1 amide bonds. The van der Waals surface area contributed by atoms with Gasteiger partial charge in [-0.2, -0.15) is 0 Å². The van der Waals surface area contributed by atoms with Gasteiger partial charge in [0.1, 0.15) is 0 Å². The summed E-state index contributed by atoms with van der Waals surface area (Å²) in [5, 5.41) is 11.9. The molecule has 0 spiro atoms. The summed E-state index contributed by atoms with van der Waals surface area (Å²) in [6, 6.07) is 7.49. The average Bonchev–Trinajstić information content (AvgIpc) is 2.40. The van der Waals surface area contributed by atoms with E-state index in [9.17, 15) is 14.7 Å². The first-order valence-electron chi connectivity index (χ1n) is 6.55. The van der Waals surface area contributed by atoms with Gasteiger partial charge in [0, 0.05) is 5.69 Å². The van der Waals surface area contributed by atoms with Gasteiger partial charge in [0.2, 0.25) is 5.91 Å². The topological polar surface area (TPSA) is 66.4 Å². The maximum Gasteiger partial charge on any atom is 0.309 e. The summed E-state index contributed by atoms with van der Waals surface area (Å²) in [4.78, 5) is 23.1. The van der Waals surface area contributed by atoms with E-state index in [2.05, 4.69) is 5.32 Å². The maximum absolute atomic E-state index is 11.9. The van der Waals surface area contributed by atoms with Crippen molar-refractivity contribution in [2.75, 3.05) is 5.32 Å². The number of benzene rings is 1. The van der Waals surface area contributed by atoms with E-state index >= 15 is 0 Å². The standard InChI is InChI=1S/C13H15NO3.C2H6/c1-13(2,12(16)17)9-7-8-5-3-4-6-10(8)14-11(9)15;1-2/h3-6,9H,7H2,1-2H3,(H,14,15)(H,16,17);1-2H3. The van der Waals surface area contributed by atoms with Crippen molar-refractivity contribution in [1.29, 1.82) is 0 Å². The van der Waals surface area contributed by atoms with Gasteiger partial charge in [-0.3, -0.25) is 9.59 Å². The highest BCUT2D eigenvalue weighted by molar-refractivity contribution is 5.98. The predicted molar refractivity (Wildman–Crippen MR) is 75.0 cm³/mol. The summed E-state index contributed by atoms with van der Waals surface area (Å²) in [6.07, 6.45) is 0.474. The Morgan fingerprint density at radius 3 is 2.47 bits per heavy atom. The zero-order valence-corrected chi connectivity index (χ0v) is 11.9. The van der Waals surface area contributed by atoms with Crippen LogP contribution in [0.2, 0.25) is 0 Å². The molecule has 0 saturated carbocycles. The molecule has 1 aromatic rings. The summed E-state index contributed by atoms with van der Waals surface area (Å²) < 4.78 is 0. The molecule has 1 aromatic carbocycles. The lowest BCUT2D eigenvalue weighted by Gasteiger charge is -2.33. The van der Waals surface area contributed by atoms with Crippen LogP contribution in [-0.4, -0.2) is 17.0 Å². The van der Waals surface area contributed by atoms with Gasteiger partial charge in [0.15, 0.2) is 0 Å². The summed E-state index contributed by atoms with van der Waals surface area (Å²) in [6.45, 7) is 7.18. The molecule has 4 heteroatoms. The quantitative estimate of drug-likeness (QED) is 0.862. The normalized spacial score (nSPS) is 17.7. The molecule has 104 valence electrons. The van der Waals surface area contributed by atoms with Crippen LogP contribution >= 0.6 is 0 Å². The second kappa shape index (κ2) is 5.87. The van der Waals surface area contributed by atoms with Gasteiger partial charge < -0.3 is 10.4 Å². The maximum atomic E-state index is 11.9. The van der Waals surface area contributed by atoms with E-state index in [1.165, 1.54) is 0 Å². The van der Waals surface area contributed by atoms with Gasteiger partial charge in [0.25, 0.3) is 0 Å². The Balaban J connectivity index is 0.000000861. The molecular formula is C15H21NO3. The molecule has 1 heterocycles. The molecule has 0 radical (unpaired) electrons. The van der Waals surface area contributed by atoms with E-state index in [0.717, 1.165) is 11.3 Å². The smallest absolute Gasteiger partial charge is 0.309 e. The minimum atomic E-state index is -1.06. The zero-order chi connectivity index (χ0) is 14.6. The number of amides is 1. The number of para-hydroxylation sites is 1. The highest BCUT2D eigenvalue weighted by Crippen LogP contribution is 2.36. The van der Waals surface area contributed by atoms with Gasteiger partial charge in [-0.25, -0.2) is 0 Å². The molecule has 1 aliphatic rings. The summed E-state index contributed by atoms with van der Waals surface area (Å²) >= 11 is 0. The van der Waals surface area contributed by atoms with Crippen molar-refractivity contribution in [3.8, 4) is 0 Å². The number of hydrogen-bond acceptors (Lipinski definition) is 2. The number of aliphatic carboxylic acids is 1. The zero-order valence-electron chi connectivity index (χ0n) is 11.9. The first kappa shape index (κ1) is 15.2. The van der Waals surface area contributed by atoms with E-state index in [1.54, 1.807) is 13.8 Å².